The Morgan fingerprint density at radius 2 is 2.00 bits per heavy atom. The first-order valence-electron chi connectivity index (χ1n) is 7.92. The van der Waals surface area contributed by atoms with E-state index in [1.54, 1.807) is 19.4 Å². The molecule has 0 bridgehead atoms. The molecule has 4 rings (SSSR count). The third kappa shape index (κ3) is 2.45. The first-order chi connectivity index (χ1) is 11.6. The number of guanidine groups is 1. The van der Waals surface area contributed by atoms with Crippen LogP contribution in [-0.2, 0) is 4.79 Å². The normalized spacial score (nSPS) is 20.8. The maximum atomic E-state index is 12.5. The molecular weight excluding hydrogens is 324 g/mol. The van der Waals surface area contributed by atoms with Crippen LogP contribution in [-0.4, -0.2) is 34.8 Å². The van der Waals surface area contributed by atoms with Crippen LogP contribution >= 0.6 is 11.6 Å². The average Bonchev–Trinajstić information content (AvgIpc) is 3.39. The van der Waals surface area contributed by atoms with Gasteiger partial charge in [-0.1, -0.05) is 23.7 Å². The third-order valence-corrected chi connectivity index (χ3v) is 4.85. The first-order valence-corrected chi connectivity index (χ1v) is 8.30. The molecule has 1 atom stereocenters. The quantitative estimate of drug-likeness (QED) is 0.931. The average molecular weight is 341 g/mol. The molecule has 0 radical (unpaired) electrons. The van der Waals surface area contributed by atoms with Gasteiger partial charge in [-0.2, -0.15) is 0 Å². The van der Waals surface area contributed by atoms with E-state index in [0.29, 0.717) is 10.9 Å². The van der Waals surface area contributed by atoms with E-state index in [1.165, 1.54) is 4.90 Å². The predicted octanol–water partition coefficient (Wildman–Crippen LogP) is 3.39. The second kappa shape index (κ2) is 5.60. The number of halogens is 1. The number of anilines is 1. The summed E-state index contributed by atoms with van der Waals surface area (Å²) in [5.74, 6) is 0.592. The number of benzene rings is 1. The molecule has 1 aromatic carbocycles. The molecule has 1 aromatic heterocycles. The van der Waals surface area contributed by atoms with E-state index >= 15 is 0 Å². The number of likely N-dealkylation sites (N-methyl/N-ethyl adjacent to an activating group) is 1. The Hall–Kier alpha value is -2.40. The van der Waals surface area contributed by atoms with Crippen LogP contribution in [0.2, 0.25) is 5.02 Å². The number of nitrogens with one attached hydrogen (secondary N) is 1. The second-order valence-corrected chi connectivity index (χ2v) is 6.75. The molecule has 1 saturated carbocycles. The highest BCUT2D eigenvalue weighted by Gasteiger charge is 2.49. The van der Waals surface area contributed by atoms with Crippen LogP contribution in [0.15, 0.2) is 42.7 Å². The molecule has 0 unspecified atom stereocenters. The van der Waals surface area contributed by atoms with Gasteiger partial charge in [-0.25, -0.2) is 0 Å². The van der Waals surface area contributed by atoms with Gasteiger partial charge in [0.05, 0.1) is 5.02 Å². The minimum Gasteiger partial charge on any atom is -0.300 e. The number of carbonyl (C=O) groups excluding carboxylic acids is 1. The molecule has 24 heavy (non-hydrogen) atoms. The fraction of sp³-hybridized carbons (Fsp3) is 0.278. The van der Waals surface area contributed by atoms with Crippen LogP contribution < -0.4 is 4.90 Å². The molecule has 1 amide bonds. The lowest BCUT2D eigenvalue weighted by Crippen LogP contribution is -2.37. The van der Waals surface area contributed by atoms with Crippen LogP contribution in [0.5, 0.6) is 0 Å². The molecule has 1 aliphatic carbocycles. The van der Waals surface area contributed by atoms with E-state index in [-0.39, 0.29) is 17.9 Å². The summed E-state index contributed by atoms with van der Waals surface area (Å²) in [6, 6.07) is 9.45. The predicted molar refractivity (Wildman–Crippen MR) is 94.2 cm³/mol. The molecular formula is C18H17ClN4O. The van der Waals surface area contributed by atoms with Crippen molar-refractivity contribution in [2.45, 2.75) is 18.9 Å². The number of aromatic nitrogens is 1. The Morgan fingerprint density at radius 1 is 1.21 bits per heavy atom. The Kier molecular flexibility index (Phi) is 3.53. The van der Waals surface area contributed by atoms with Gasteiger partial charge < -0.3 is 0 Å². The Balaban J connectivity index is 1.75. The largest absolute Gasteiger partial charge is 0.300 e. The van der Waals surface area contributed by atoms with Crippen LogP contribution in [0.25, 0.3) is 11.1 Å². The summed E-state index contributed by atoms with van der Waals surface area (Å²) in [5, 5.41) is 8.92. The lowest BCUT2D eigenvalue weighted by molar-refractivity contribution is -0.126. The lowest BCUT2D eigenvalue weighted by atomic mass is 10.1. The van der Waals surface area contributed by atoms with Gasteiger partial charge >= 0.3 is 0 Å². The van der Waals surface area contributed by atoms with Crippen LogP contribution in [0.4, 0.5) is 5.69 Å². The molecule has 2 aliphatic rings. The summed E-state index contributed by atoms with van der Waals surface area (Å²) in [6.07, 6.45) is 5.45. The SMILES string of the molecule is CN1C(=N)N(c2cccc(-c3cncc(Cl)c3)c2)[C@H](C2CC2)C1=O. The van der Waals surface area contributed by atoms with Gasteiger partial charge in [-0.3, -0.25) is 25.0 Å². The number of pyridine rings is 1. The molecule has 1 aliphatic heterocycles. The smallest absolute Gasteiger partial charge is 0.252 e. The Bertz CT molecular complexity index is 833. The molecule has 2 aromatic rings. The number of nitrogens with zero attached hydrogens (tertiary/aromatic N) is 3. The number of amides is 1. The van der Waals surface area contributed by atoms with Gasteiger partial charge in [0.2, 0.25) is 5.96 Å². The second-order valence-electron chi connectivity index (χ2n) is 6.32. The van der Waals surface area contributed by atoms with E-state index in [0.717, 1.165) is 29.7 Å². The zero-order valence-electron chi connectivity index (χ0n) is 13.2. The molecule has 1 N–H and O–H groups in total. The zero-order chi connectivity index (χ0) is 16.8. The summed E-state index contributed by atoms with van der Waals surface area (Å²) in [6.45, 7) is 0. The topological polar surface area (TPSA) is 60.3 Å². The summed E-state index contributed by atoms with van der Waals surface area (Å²) in [5.41, 5.74) is 2.73. The fourth-order valence-corrected chi connectivity index (χ4v) is 3.39. The van der Waals surface area contributed by atoms with E-state index in [9.17, 15) is 4.79 Å². The summed E-state index contributed by atoms with van der Waals surface area (Å²) < 4.78 is 0. The number of hydrogen-bond acceptors (Lipinski definition) is 3. The van der Waals surface area contributed by atoms with E-state index in [2.05, 4.69) is 4.98 Å². The summed E-state index contributed by atoms with van der Waals surface area (Å²) in [4.78, 5) is 19.9. The van der Waals surface area contributed by atoms with Crippen molar-refractivity contribution in [2.24, 2.45) is 5.92 Å². The van der Waals surface area contributed by atoms with Crippen molar-refractivity contribution in [3.05, 3.63) is 47.7 Å². The molecule has 5 nitrogen and oxygen atoms in total. The summed E-state index contributed by atoms with van der Waals surface area (Å²) in [7, 11) is 1.67. The highest BCUT2D eigenvalue weighted by Crippen LogP contribution is 2.41. The van der Waals surface area contributed by atoms with Gasteiger partial charge in [-0.15, -0.1) is 0 Å². The van der Waals surface area contributed by atoms with Crippen LogP contribution in [0.3, 0.4) is 0 Å². The van der Waals surface area contributed by atoms with Crippen molar-refractivity contribution < 1.29 is 4.79 Å². The Morgan fingerprint density at radius 3 is 2.71 bits per heavy atom. The van der Waals surface area contributed by atoms with Crippen LogP contribution in [0, 0.1) is 11.3 Å². The molecule has 6 heteroatoms. The maximum Gasteiger partial charge on any atom is 0.252 e. The lowest BCUT2D eigenvalue weighted by Gasteiger charge is -2.24. The monoisotopic (exact) mass is 340 g/mol. The minimum absolute atomic E-state index is 0.0114. The van der Waals surface area contributed by atoms with Gasteiger partial charge in [0.1, 0.15) is 6.04 Å². The first kappa shape index (κ1) is 15.1. The standard InChI is InChI=1S/C18H17ClN4O/c1-22-17(24)16(11-5-6-11)23(18(22)20)15-4-2-3-12(8-15)13-7-14(19)10-21-9-13/h2-4,7-11,16,20H,5-6H2,1H3/t16-/m1/s1. The number of hydrogen-bond donors (Lipinski definition) is 1. The van der Waals surface area contributed by atoms with Crippen molar-refractivity contribution >= 4 is 29.2 Å². The van der Waals surface area contributed by atoms with E-state index < -0.39 is 0 Å². The Labute approximate surface area is 145 Å². The fourth-order valence-electron chi connectivity index (χ4n) is 3.22. The summed E-state index contributed by atoms with van der Waals surface area (Å²) >= 11 is 6.04. The minimum atomic E-state index is -0.254. The van der Waals surface area contributed by atoms with Gasteiger partial charge in [0.15, 0.2) is 0 Å². The maximum absolute atomic E-state index is 12.5. The highest BCUT2D eigenvalue weighted by atomic mass is 35.5. The molecule has 1 saturated heterocycles. The van der Waals surface area contributed by atoms with Gasteiger partial charge in [0.25, 0.3) is 5.91 Å². The molecule has 2 heterocycles. The van der Waals surface area contributed by atoms with E-state index in [4.69, 9.17) is 17.0 Å². The van der Waals surface area contributed by atoms with E-state index in [1.807, 2.05) is 35.2 Å². The van der Waals surface area contributed by atoms with Crippen molar-refractivity contribution in [3.63, 3.8) is 0 Å². The molecule has 0 spiro atoms. The molecule has 2 fully saturated rings. The third-order valence-electron chi connectivity index (χ3n) is 4.64. The van der Waals surface area contributed by atoms with Crippen molar-refractivity contribution in [3.8, 4) is 11.1 Å². The van der Waals surface area contributed by atoms with Crippen LogP contribution in [0.1, 0.15) is 12.8 Å². The highest BCUT2D eigenvalue weighted by molar-refractivity contribution is 6.30. The number of carbonyl (C=O) groups is 1. The van der Waals surface area contributed by atoms with Gasteiger partial charge in [-0.05, 0) is 42.5 Å². The van der Waals surface area contributed by atoms with Crippen molar-refractivity contribution in [1.29, 1.82) is 5.41 Å². The van der Waals surface area contributed by atoms with Gasteiger partial charge in [0, 0.05) is 30.7 Å². The number of rotatable bonds is 3. The zero-order valence-corrected chi connectivity index (χ0v) is 14.0. The van der Waals surface area contributed by atoms with Crippen molar-refractivity contribution in [2.75, 3.05) is 11.9 Å². The van der Waals surface area contributed by atoms with Crippen molar-refractivity contribution in [1.82, 2.24) is 9.88 Å². The molecule has 122 valence electrons.